The molecule has 1 atom stereocenters. The zero-order valence-electron chi connectivity index (χ0n) is 11.4. The Labute approximate surface area is 117 Å². The molecule has 0 unspecified atom stereocenters. The minimum Gasteiger partial charge on any atom is -0.491 e. The highest BCUT2D eigenvalue weighted by atomic mass is 16.5. The first-order valence-electron chi connectivity index (χ1n) is 6.48. The van der Waals surface area contributed by atoms with Crippen molar-refractivity contribution in [2.45, 2.75) is 19.9 Å². The molecular weight excluding hydrogens is 254 g/mol. The van der Waals surface area contributed by atoms with E-state index in [9.17, 15) is 4.79 Å². The van der Waals surface area contributed by atoms with Gasteiger partial charge in [-0.15, -0.1) is 0 Å². The van der Waals surface area contributed by atoms with Crippen LogP contribution in [0.15, 0.2) is 30.5 Å². The van der Waals surface area contributed by atoms with E-state index in [1.165, 1.54) is 6.92 Å². The van der Waals surface area contributed by atoms with Crippen molar-refractivity contribution in [3.63, 3.8) is 0 Å². The highest BCUT2D eigenvalue weighted by molar-refractivity contribution is 5.94. The van der Waals surface area contributed by atoms with Gasteiger partial charge in [0.25, 0.3) is 0 Å². The van der Waals surface area contributed by atoms with Crippen molar-refractivity contribution < 1.29 is 9.53 Å². The third kappa shape index (κ3) is 2.22. The summed E-state index contributed by atoms with van der Waals surface area (Å²) in [6.07, 6.45) is 1.56. The lowest BCUT2D eigenvalue weighted by Crippen LogP contribution is -2.15. The van der Waals surface area contributed by atoms with E-state index in [0.29, 0.717) is 23.8 Å². The molecule has 1 N–H and O–H groups in total. The van der Waals surface area contributed by atoms with Crippen LogP contribution in [0, 0.1) is 6.92 Å². The molecule has 0 saturated carbocycles. The van der Waals surface area contributed by atoms with E-state index in [4.69, 9.17) is 4.74 Å². The van der Waals surface area contributed by atoms with E-state index >= 15 is 0 Å². The highest BCUT2D eigenvalue weighted by Gasteiger charge is 2.24. The number of carbonyl (C=O) groups excluding carboxylic acids is 1. The predicted molar refractivity (Wildman–Crippen MR) is 75.1 cm³/mol. The molecule has 3 rings (SSSR count). The predicted octanol–water partition coefficient (Wildman–Crippen LogP) is 2.53. The lowest BCUT2D eigenvalue weighted by molar-refractivity contribution is 0.101. The molecule has 102 valence electrons. The number of para-hydroxylation sites is 1. The first kappa shape index (κ1) is 12.6. The molecule has 1 aromatic carbocycles. The van der Waals surface area contributed by atoms with Gasteiger partial charge in [0.1, 0.15) is 12.4 Å². The zero-order chi connectivity index (χ0) is 14.1. The molecule has 1 aliphatic heterocycles. The molecule has 0 spiro atoms. The minimum atomic E-state index is -0.0244. The van der Waals surface area contributed by atoms with E-state index in [2.05, 4.69) is 15.3 Å². The molecule has 0 saturated heterocycles. The summed E-state index contributed by atoms with van der Waals surface area (Å²) in [5.41, 5.74) is 2.34. The maximum Gasteiger partial charge on any atom is 0.223 e. The van der Waals surface area contributed by atoms with Crippen molar-refractivity contribution in [3.8, 4) is 5.75 Å². The normalized spacial score (nSPS) is 16.4. The monoisotopic (exact) mass is 269 g/mol. The van der Waals surface area contributed by atoms with Crippen LogP contribution < -0.4 is 10.1 Å². The van der Waals surface area contributed by atoms with Crippen LogP contribution in [0.1, 0.15) is 34.6 Å². The number of nitrogens with one attached hydrogen (secondary N) is 1. The number of ether oxygens (including phenoxy) is 1. The highest BCUT2D eigenvalue weighted by Crippen LogP contribution is 2.33. The lowest BCUT2D eigenvalue weighted by atomic mass is 10.1. The number of hydrogen-bond acceptors (Lipinski definition) is 5. The van der Waals surface area contributed by atoms with Gasteiger partial charge < -0.3 is 10.1 Å². The van der Waals surface area contributed by atoms with Crippen LogP contribution in [0.25, 0.3) is 0 Å². The Bertz CT molecular complexity index is 670. The summed E-state index contributed by atoms with van der Waals surface area (Å²) in [6.45, 7) is 3.87. The first-order valence-corrected chi connectivity index (χ1v) is 6.48. The third-order valence-corrected chi connectivity index (χ3v) is 3.36. The van der Waals surface area contributed by atoms with Gasteiger partial charge in [-0.1, -0.05) is 18.2 Å². The largest absolute Gasteiger partial charge is 0.491 e. The second-order valence-electron chi connectivity index (χ2n) is 4.79. The molecular formula is C15H15N3O2. The van der Waals surface area contributed by atoms with Gasteiger partial charge in [0.2, 0.25) is 5.95 Å². The minimum absolute atomic E-state index is 0.0244. The SMILES string of the molecule is CC(=O)c1cnc(N[C@@H]2COc3ccccc32)nc1C. The Morgan fingerprint density at radius 3 is 2.95 bits per heavy atom. The summed E-state index contributed by atoms with van der Waals surface area (Å²) in [6, 6.07) is 7.93. The Kier molecular flexibility index (Phi) is 3.10. The average molecular weight is 269 g/mol. The smallest absolute Gasteiger partial charge is 0.223 e. The van der Waals surface area contributed by atoms with Crippen LogP contribution >= 0.6 is 0 Å². The van der Waals surface area contributed by atoms with Gasteiger partial charge in [0.05, 0.1) is 17.3 Å². The summed E-state index contributed by atoms with van der Waals surface area (Å²) in [5.74, 6) is 1.38. The molecule has 0 bridgehead atoms. The lowest BCUT2D eigenvalue weighted by Gasteiger charge is -2.12. The second-order valence-corrected chi connectivity index (χ2v) is 4.79. The fourth-order valence-electron chi connectivity index (χ4n) is 2.32. The maximum atomic E-state index is 11.4. The summed E-state index contributed by atoms with van der Waals surface area (Å²) in [4.78, 5) is 19.9. The first-order chi connectivity index (χ1) is 9.65. The molecule has 5 nitrogen and oxygen atoms in total. The van der Waals surface area contributed by atoms with Crippen LogP contribution in [0.5, 0.6) is 5.75 Å². The number of hydrogen-bond donors (Lipinski definition) is 1. The fourth-order valence-corrected chi connectivity index (χ4v) is 2.32. The van der Waals surface area contributed by atoms with E-state index in [0.717, 1.165) is 11.3 Å². The molecule has 0 fully saturated rings. The molecule has 20 heavy (non-hydrogen) atoms. The molecule has 0 radical (unpaired) electrons. The number of rotatable bonds is 3. The number of carbonyl (C=O) groups is 1. The molecule has 5 heteroatoms. The Balaban J connectivity index is 1.83. The number of ketones is 1. The number of aryl methyl sites for hydroxylation is 1. The van der Waals surface area contributed by atoms with Crippen LogP contribution in [-0.4, -0.2) is 22.4 Å². The van der Waals surface area contributed by atoms with Crippen molar-refractivity contribution >= 4 is 11.7 Å². The quantitative estimate of drug-likeness (QED) is 0.867. The molecule has 0 aliphatic carbocycles. The van der Waals surface area contributed by atoms with E-state index < -0.39 is 0 Å². The number of fused-ring (bicyclic) bond motifs is 1. The Morgan fingerprint density at radius 1 is 1.40 bits per heavy atom. The van der Waals surface area contributed by atoms with Crippen molar-refractivity contribution in [2.75, 3.05) is 11.9 Å². The number of nitrogens with zero attached hydrogens (tertiary/aromatic N) is 2. The van der Waals surface area contributed by atoms with Crippen molar-refractivity contribution in [3.05, 3.63) is 47.3 Å². The zero-order valence-corrected chi connectivity index (χ0v) is 11.4. The average Bonchev–Trinajstić information content (AvgIpc) is 2.82. The van der Waals surface area contributed by atoms with Crippen molar-refractivity contribution in [1.29, 1.82) is 0 Å². The topological polar surface area (TPSA) is 64.1 Å². The van der Waals surface area contributed by atoms with Gasteiger partial charge in [-0.2, -0.15) is 0 Å². The Hall–Kier alpha value is -2.43. The molecule has 1 aromatic heterocycles. The van der Waals surface area contributed by atoms with E-state index in [1.54, 1.807) is 6.20 Å². The van der Waals surface area contributed by atoms with Gasteiger partial charge in [-0.05, 0) is 19.9 Å². The van der Waals surface area contributed by atoms with Gasteiger partial charge in [-0.25, -0.2) is 9.97 Å². The number of Topliss-reactive ketones (excluding diaryl/α,β-unsaturated/α-hetero) is 1. The van der Waals surface area contributed by atoms with E-state index in [-0.39, 0.29) is 11.8 Å². The number of anilines is 1. The molecule has 0 amide bonds. The van der Waals surface area contributed by atoms with Gasteiger partial charge in [0.15, 0.2) is 5.78 Å². The standard InChI is InChI=1S/C15H15N3O2/c1-9-12(10(2)19)7-16-15(17-9)18-13-8-20-14-6-4-3-5-11(13)14/h3-7,13H,8H2,1-2H3,(H,16,17,18)/t13-/m1/s1. The second kappa shape index (κ2) is 4.92. The van der Waals surface area contributed by atoms with Crippen LogP contribution in [0.2, 0.25) is 0 Å². The summed E-state index contributed by atoms with van der Waals surface area (Å²) >= 11 is 0. The molecule has 1 aliphatic rings. The maximum absolute atomic E-state index is 11.4. The molecule has 2 aromatic rings. The van der Waals surface area contributed by atoms with Crippen molar-refractivity contribution in [2.24, 2.45) is 0 Å². The molecule has 2 heterocycles. The Morgan fingerprint density at radius 2 is 2.20 bits per heavy atom. The number of aromatic nitrogens is 2. The van der Waals surface area contributed by atoms with E-state index in [1.807, 2.05) is 31.2 Å². The van der Waals surface area contributed by atoms with Crippen molar-refractivity contribution in [1.82, 2.24) is 9.97 Å². The summed E-state index contributed by atoms with van der Waals surface area (Å²) < 4.78 is 5.60. The fraction of sp³-hybridized carbons (Fsp3) is 0.267. The van der Waals surface area contributed by atoms with Gasteiger partial charge in [0, 0.05) is 11.8 Å². The van der Waals surface area contributed by atoms with Crippen LogP contribution in [-0.2, 0) is 0 Å². The summed E-state index contributed by atoms with van der Waals surface area (Å²) in [5, 5.41) is 3.25. The van der Waals surface area contributed by atoms with Gasteiger partial charge >= 0.3 is 0 Å². The summed E-state index contributed by atoms with van der Waals surface area (Å²) in [7, 11) is 0. The third-order valence-electron chi connectivity index (χ3n) is 3.36. The van der Waals surface area contributed by atoms with Gasteiger partial charge in [-0.3, -0.25) is 4.79 Å². The van der Waals surface area contributed by atoms with Crippen LogP contribution in [0.4, 0.5) is 5.95 Å². The number of benzene rings is 1. The van der Waals surface area contributed by atoms with Crippen LogP contribution in [0.3, 0.4) is 0 Å².